The summed E-state index contributed by atoms with van der Waals surface area (Å²) >= 11 is 0. The fraction of sp³-hybridized carbons (Fsp3) is 0.300. The number of hydrogen-bond acceptors (Lipinski definition) is 5. The van der Waals surface area contributed by atoms with Crippen LogP contribution in [0.25, 0.3) is 0 Å². The number of benzene rings is 3. The Morgan fingerprint density at radius 2 is 1.51 bits per heavy atom. The summed E-state index contributed by atoms with van der Waals surface area (Å²) in [5.41, 5.74) is 5.80. The molecule has 2 aliphatic heterocycles. The summed E-state index contributed by atoms with van der Waals surface area (Å²) in [4.78, 5) is 40.2. The van der Waals surface area contributed by atoms with Gasteiger partial charge in [-0.05, 0) is 55.2 Å². The van der Waals surface area contributed by atoms with Crippen molar-refractivity contribution in [3.63, 3.8) is 0 Å². The highest BCUT2D eigenvalue weighted by molar-refractivity contribution is 5.99. The Morgan fingerprint density at radius 3 is 2.11 bits per heavy atom. The van der Waals surface area contributed by atoms with Crippen molar-refractivity contribution in [3.8, 4) is 0 Å². The fourth-order valence-corrected chi connectivity index (χ4v) is 6.01. The van der Waals surface area contributed by atoms with Crippen molar-refractivity contribution in [2.75, 3.05) is 7.11 Å². The summed E-state index contributed by atoms with van der Waals surface area (Å²) in [5, 5.41) is 6.52. The van der Waals surface area contributed by atoms with Crippen LogP contribution in [-0.2, 0) is 14.3 Å². The summed E-state index contributed by atoms with van der Waals surface area (Å²) < 4.78 is 5.13. The lowest BCUT2D eigenvalue weighted by molar-refractivity contribution is -0.157. The summed E-state index contributed by atoms with van der Waals surface area (Å²) in [6.07, 6.45) is 0.409. The number of rotatable bonds is 5. The number of esters is 1. The van der Waals surface area contributed by atoms with Crippen LogP contribution in [0.15, 0.2) is 72.8 Å². The minimum absolute atomic E-state index is 0.252. The number of methoxy groups -OCH3 is 1. The van der Waals surface area contributed by atoms with Crippen LogP contribution in [-0.4, -0.2) is 47.0 Å². The number of amides is 2. The van der Waals surface area contributed by atoms with Gasteiger partial charge in [-0.1, -0.05) is 66.2 Å². The Kier molecular flexibility index (Phi) is 6.56. The van der Waals surface area contributed by atoms with E-state index >= 15 is 0 Å². The van der Waals surface area contributed by atoms with Gasteiger partial charge in [-0.2, -0.15) is 0 Å². The predicted molar refractivity (Wildman–Crippen MR) is 139 cm³/mol. The van der Waals surface area contributed by atoms with E-state index in [9.17, 15) is 14.4 Å². The maximum absolute atomic E-state index is 14.0. The minimum Gasteiger partial charge on any atom is -0.467 e. The number of hydrogen-bond donors (Lipinski definition) is 1. The van der Waals surface area contributed by atoms with Gasteiger partial charge in [0.05, 0.1) is 19.2 Å². The third-order valence-electron chi connectivity index (χ3n) is 7.41. The third-order valence-corrected chi connectivity index (χ3v) is 7.41. The van der Waals surface area contributed by atoms with Gasteiger partial charge in [0.2, 0.25) is 0 Å². The largest absolute Gasteiger partial charge is 0.467 e. The molecule has 0 aliphatic carbocycles. The van der Waals surface area contributed by atoms with E-state index in [1.807, 2.05) is 41.4 Å². The molecule has 2 fully saturated rings. The van der Waals surface area contributed by atoms with Gasteiger partial charge >= 0.3 is 5.97 Å². The van der Waals surface area contributed by atoms with Crippen molar-refractivity contribution in [2.45, 2.75) is 51.4 Å². The minimum atomic E-state index is -0.879. The molecule has 4 atom stereocenters. The molecular formula is C30H31N3O4. The molecular weight excluding hydrogens is 466 g/mol. The second-order valence-corrected chi connectivity index (χ2v) is 9.84. The highest BCUT2D eigenvalue weighted by atomic mass is 16.5. The molecule has 5 rings (SSSR count). The van der Waals surface area contributed by atoms with Gasteiger partial charge in [0.1, 0.15) is 12.1 Å². The smallest absolute Gasteiger partial charge is 0.330 e. The highest BCUT2D eigenvalue weighted by Gasteiger charge is 2.59. The molecule has 2 aliphatic rings. The van der Waals surface area contributed by atoms with Crippen molar-refractivity contribution in [1.82, 2.24) is 15.3 Å². The van der Waals surface area contributed by atoms with Crippen LogP contribution >= 0.6 is 0 Å². The van der Waals surface area contributed by atoms with Crippen LogP contribution in [0.3, 0.4) is 0 Å². The van der Waals surface area contributed by atoms with Crippen LogP contribution < -0.4 is 5.32 Å². The lowest BCUT2D eigenvalue weighted by atomic mass is 9.89. The van der Waals surface area contributed by atoms with Crippen LogP contribution in [0.2, 0.25) is 0 Å². The summed E-state index contributed by atoms with van der Waals surface area (Å²) in [6.45, 7) is 6.19. The summed E-state index contributed by atoms with van der Waals surface area (Å²) in [5.74, 6) is -1.13. The normalized spacial score (nSPS) is 23.1. The molecule has 7 nitrogen and oxygen atoms in total. The SMILES string of the molecule is COC(=O)[C@@H]1C[C@H](c2c(C)cc(C)cc2C)N2[C@@H](c3ccccc3)[C@H](NC(=O)c3ccccc3)C(=O)N12. The Balaban J connectivity index is 1.64. The number of nitrogens with zero attached hydrogens (tertiary/aromatic N) is 2. The molecule has 0 radical (unpaired) electrons. The molecule has 190 valence electrons. The van der Waals surface area contributed by atoms with E-state index in [1.165, 1.54) is 12.1 Å². The van der Waals surface area contributed by atoms with E-state index in [2.05, 4.69) is 38.2 Å². The van der Waals surface area contributed by atoms with Gasteiger partial charge in [0, 0.05) is 12.0 Å². The number of carbonyl (C=O) groups excluding carboxylic acids is 3. The van der Waals surface area contributed by atoms with E-state index in [0.717, 1.165) is 27.8 Å². The zero-order valence-corrected chi connectivity index (χ0v) is 21.5. The van der Waals surface area contributed by atoms with Crippen LogP contribution in [0.4, 0.5) is 0 Å². The quantitative estimate of drug-likeness (QED) is 0.535. The zero-order valence-electron chi connectivity index (χ0n) is 21.5. The van der Waals surface area contributed by atoms with Crippen LogP contribution in [0, 0.1) is 20.8 Å². The van der Waals surface area contributed by atoms with Gasteiger partial charge in [0.15, 0.2) is 0 Å². The Labute approximate surface area is 217 Å². The molecule has 0 aromatic heterocycles. The van der Waals surface area contributed by atoms with Gasteiger partial charge < -0.3 is 10.1 Å². The number of fused-ring (bicyclic) bond motifs is 1. The second-order valence-electron chi connectivity index (χ2n) is 9.84. The van der Waals surface area contributed by atoms with Crippen LogP contribution in [0.5, 0.6) is 0 Å². The first kappa shape index (κ1) is 24.7. The Hall–Kier alpha value is -3.97. The molecule has 37 heavy (non-hydrogen) atoms. The number of nitrogens with one attached hydrogen (secondary N) is 1. The van der Waals surface area contributed by atoms with Crippen molar-refractivity contribution in [3.05, 3.63) is 106 Å². The topological polar surface area (TPSA) is 79.0 Å². The number of aryl methyl sites for hydroxylation is 3. The van der Waals surface area contributed by atoms with E-state index in [0.29, 0.717) is 12.0 Å². The van der Waals surface area contributed by atoms with Crippen LogP contribution in [0.1, 0.15) is 56.7 Å². The first-order valence-electron chi connectivity index (χ1n) is 12.5. The molecule has 0 saturated carbocycles. The number of hydrazine groups is 1. The molecule has 2 heterocycles. The van der Waals surface area contributed by atoms with E-state index in [4.69, 9.17) is 4.74 Å². The van der Waals surface area contributed by atoms with Gasteiger partial charge in [-0.3, -0.25) is 14.6 Å². The monoisotopic (exact) mass is 497 g/mol. The summed E-state index contributed by atoms with van der Waals surface area (Å²) in [7, 11) is 1.34. The Morgan fingerprint density at radius 1 is 0.919 bits per heavy atom. The van der Waals surface area contributed by atoms with Crippen molar-refractivity contribution >= 4 is 17.8 Å². The molecule has 0 spiro atoms. The average Bonchev–Trinajstić information content (AvgIpc) is 3.40. The third kappa shape index (κ3) is 4.29. The van der Waals surface area contributed by atoms with Gasteiger partial charge in [0.25, 0.3) is 11.8 Å². The van der Waals surface area contributed by atoms with E-state index in [-0.39, 0.29) is 17.9 Å². The number of carbonyl (C=O) groups is 3. The van der Waals surface area contributed by atoms with Crippen molar-refractivity contribution < 1.29 is 19.1 Å². The first-order chi connectivity index (χ1) is 17.8. The van der Waals surface area contributed by atoms with Gasteiger partial charge in [-0.25, -0.2) is 9.80 Å². The lowest BCUT2D eigenvalue weighted by Gasteiger charge is -2.33. The van der Waals surface area contributed by atoms with Gasteiger partial charge in [-0.15, -0.1) is 0 Å². The van der Waals surface area contributed by atoms with Crippen molar-refractivity contribution in [1.29, 1.82) is 0 Å². The fourth-order valence-electron chi connectivity index (χ4n) is 6.01. The first-order valence-corrected chi connectivity index (χ1v) is 12.5. The summed E-state index contributed by atoms with van der Waals surface area (Å²) in [6, 6.07) is 20.4. The Bertz CT molecular complexity index is 1320. The number of ether oxygens (including phenoxy) is 1. The molecule has 3 aromatic rings. The molecule has 1 N–H and O–H groups in total. The average molecular weight is 498 g/mol. The van der Waals surface area contributed by atoms with E-state index < -0.39 is 24.1 Å². The van der Waals surface area contributed by atoms with Crippen molar-refractivity contribution in [2.24, 2.45) is 0 Å². The predicted octanol–water partition coefficient (Wildman–Crippen LogP) is 4.20. The zero-order chi connectivity index (χ0) is 26.3. The molecule has 3 aromatic carbocycles. The van der Waals surface area contributed by atoms with E-state index in [1.54, 1.807) is 24.3 Å². The molecule has 2 saturated heterocycles. The maximum atomic E-state index is 14.0. The standard InChI is InChI=1S/C30H31N3O4/c1-18-15-19(2)25(20(3)16-18)23-17-24(30(36)37-4)33-29(35)26(31-28(34)22-13-9-6-10-14-22)27(32(23)33)21-11-7-5-8-12-21/h5-16,23-24,26-27H,17H2,1-4H3,(H,31,34)/t23-,24+,26+,27+/m1/s1. The molecule has 0 bridgehead atoms. The molecule has 0 unspecified atom stereocenters. The highest BCUT2D eigenvalue weighted by Crippen LogP contribution is 2.50. The molecule has 2 amide bonds. The maximum Gasteiger partial charge on any atom is 0.330 e. The lowest BCUT2D eigenvalue weighted by Crippen LogP contribution is -2.47. The second kappa shape index (κ2) is 9.82. The molecule has 7 heteroatoms.